The van der Waals surface area contributed by atoms with E-state index in [1.807, 2.05) is 25.1 Å². The summed E-state index contributed by atoms with van der Waals surface area (Å²) in [6.45, 7) is 1.94. The van der Waals surface area contributed by atoms with Gasteiger partial charge < -0.3 is 0 Å². The molecule has 1 atom stereocenters. The molecule has 0 aliphatic heterocycles. The van der Waals surface area contributed by atoms with E-state index in [0.29, 0.717) is 10.6 Å². The molecule has 2 nitrogen and oxygen atoms in total. The Morgan fingerprint density at radius 3 is 2.55 bits per heavy atom. The van der Waals surface area contributed by atoms with E-state index in [9.17, 15) is 10.1 Å². The molecule has 0 aliphatic rings. The molecule has 0 aromatic heterocycles. The third kappa shape index (κ3) is 3.46. The number of hydrogen-bond acceptors (Lipinski definition) is 2. The number of carbonyl (C=O) groups excluding carboxylic acids is 1. The van der Waals surface area contributed by atoms with Crippen LogP contribution < -0.4 is 0 Å². The molecular formula is C17H14ClNO. The summed E-state index contributed by atoms with van der Waals surface area (Å²) >= 11 is 5.83. The van der Waals surface area contributed by atoms with Crippen LogP contribution in [0.2, 0.25) is 5.02 Å². The normalized spacial score (nSPS) is 11.7. The van der Waals surface area contributed by atoms with E-state index < -0.39 is 5.92 Å². The van der Waals surface area contributed by atoms with Gasteiger partial charge in [0.25, 0.3) is 0 Å². The second-order valence-corrected chi connectivity index (χ2v) is 5.17. The van der Waals surface area contributed by atoms with E-state index in [2.05, 4.69) is 6.07 Å². The van der Waals surface area contributed by atoms with Crippen LogP contribution in [0.3, 0.4) is 0 Å². The van der Waals surface area contributed by atoms with Crippen molar-refractivity contribution in [2.24, 2.45) is 0 Å². The Morgan fingerprint density at radius 1 is 1.25 bits per heavy atom. The Labute approximate surface area is 123 Å². The Kier molecular flexibility index (Phi) is 4.55. The van der Waals surface area contributed by atoms with Crippen molar-refractivity contribution in [2.45, 2.75) is 19.3 Å². The molecule has 0 bridgehead atoms. The number of hydrogen-bond donors (Lipinski definition) is 0. The molecule has 0 N–H and O–H groups in total. The van der Waals surface area contributed by atoms with Crippen LogP contribution in [0.5, 0.6) is 0 Å². The summed E-state index contributed by atoms with van der Waals surface area (Å²) in [4.78, 5) is 12.2. The first kappa shape index (κ1) is 14.3. The van der Waals surface area contributed by atoms with Crippen molar-refractivity contribution in [3.63, 3.8) is 0 Å². The molecule has 0 amide bonds. The largest absolute Gasteiger partial charge is 0.294 e. The number of nitrogens with zero attached hydrogens (tertiary/aromatic N) is 1. The Balaban J connectivity index is 2.17. The molecule has 2 rings (SSSR count). The fraction of sp³-hybridized carbons (Fsp3) is 0.176. The summed E-state index contributed by atoms with van der Waals surface area (Å²) in [6.07, 6.45) is 0.182. The summed E-state index contributed by atoms with van der Waals surface area (Å²) in [5, 5.41) is 9.88. The van der Waals surface area contributed by atoms with E-state index in [1.54, 1.807) is 30.3 Å². The van der Waals surface area contributed by atoms with Crippen LogP contribution in [0.1, 0.15) is 33.8 Å². The first-order chi connectivity index (χ1) is 9.60. The third-order valence-corrected chi connectivity index (χ3v) is 3.41. The molecule has 0 aliphatic carbocycles. The predicted octanol–water partition coefficient (Wildman–Crippen LogP) is 4.53. The van der Waals surface area contributed by atoms with Crippen molar-refractivity contribution in [3.8, 4) is 6.07 Å². The number of carbonyl (C=O) groups is 1. The molecule has 1 unspecified atom stereocenters. The zero-order chi connectivity index (χ0) is 14.5. The SMILES string of the molecule is Cc1cccc(C(=O)CC(C#N)c2ccc(Cl)cc2)c1. The quantitative estimate of drug-likeness (QED) is 0.774. The van der Waals surface area contributed by atoms with Gasteiger partial charge in [-0.1, -0.05) is 47.5 Å². The minimum Gasteiger partial charge on any atom is -0.294 e. The van der Waals surface area contributed by atoms with Crippen LogP contribution in [-0.2, 0) is 0 Å². The fourth-order valence-electron chi connectivity index (χ4n) is 2.05. The summed E-state index contributed by atoms with van der Waals surface area (Å²) < 4.78 is 0. The van der Waals surface area contributed by atoms with Gasteiger partial charge in [0.2, 0.25) is 0 Å². The minimum absolute atomic E-state index is 0.0183. The first-order valence-electron chi connectivity index (χ1n) is 6.35. The first-order valence-corrected chi connectivity index (χ1v) is 6.73. The smallest absolute Gasteiger partial charge is 0.164 e. The predicted molar refractivity (Wildman–Crippen MR) is 79.9 cm³/mol. The van der Waals surface area contributed by atoms with Gasteiger partial charge in [0, 0.05) is 17.0 Å². The molecule has 2 aromatic carbocycles. The van der Waals surface area contributed by atoms with Crippen LogP contribution in [0.25, 0.3) is 0 Å². The molecule has 0 fully saturated rings. The number of nitriles is 1. The monoisotopic (exact) mass is 283 g/mol. The molecule has 0 spiro atoms. The van der Waals surface area contributed by atoms with Crippen molar-refractivity contribution in [2.75, 3.05) is 0 Å². The standard InChI is InChI=1S/C17H14ClNO/c1-12-3-2-4-14(9-12)17(20)10-15(11-19)13-5-7-16(18)8-6-13/h2-9,15H,10H2,1H3. The summed E-state index contributed by atoms with van der Waals surface area (Å²) in [6, 6.07) is 16.7. The van der Waals surface area contributed by atoms with Gasteiger partial charge in [-0.15, -0.1) is 0 Å². The second-order valence-electron chi connectivity index (χ2n) is 4.73. The number of rotatable bonds is 4. The average Bonchev–Trinajstić information content (AvgIpc) is 2.45. The third-order valence-electron chi connectivity index (χ3n) is 3.16. The molecular weight excluding hydrogens is 270 g/mol. The van der Waals surface area contributed by atoms with Gasteiger partial charge in [-0.3, -0.25) is 4.79 Å². The Hall–Kier alpha value is -2.11. The van der Waals surface area contributed by atoms with Crippen LogP contribution >= 0.6 is 11.6 Å². The van der Waals surface area contributed by atoms with Crippen molar-refractivity contribution >= 4 is 17.4 Å². The lowest BCUT2D eigenvalue weighted by Crippen LogP contribution is -2.06. The number of aryl methyl sites for hydroxylation is 1. The zero-order valence-corrected chi connectivity index (χ0v) is 11.9. The minimum atomic E-state index is -0.444. The van der Waals surface area contributed by atoms with Crippen molar-refractivity contribution < 1.29 is 4.79 Å². The summed E-state index contributed by atoms with van der Waals surface area (Å²) in [5.41, 5.74) is 2.51. The Morgan fingerprint density at radius 2 is 1.95 bits per heavy atom. The van der Waals surface area contributed by atoms with Gasteiger partial charge in [0.1, 0.15) is 0 Å². The highest BCUT2D eigenvalue weighted by atomic mass is 35.5. The summed E-state index contributed by atoms with van der Waals surface area (Å²) in [5.74, 6) is -0.463. The highest BCUT2D eigenvalue weighted by molar-refractivity contribution is 6.30. The van der Waals surface area contributed by atoms with Crippen molar-refractivity contribution in [1.29, 1.82) is 5.26 Å². The number of halogens is 1. The molecule has 3 heteroatoms. The molecule has 20 heavy (non-hydrogen) atoms. The molecule has 2 aromatic rings. The maximum Gasteiger partial charge on any atom is 0.164 e. The van der Waals surface area contributed by atoms with Crippen LogP contribution in [0.4, 0.5) is 0 Å². The topological polar surface area (TPSA) is 40.9 Å². The molecule has 0 radical (unpaired) electrons. The highest BCUT2D eigenvalue weighted by Crippen LogP contribution is 2.23. The van der Waals surface area contributed by atoms with E-state index in [0.717, 1.165) is 11.1 Å². The van der Waals surface area contributed by atoms with E-state index in [1.165, 1.54) is 0 Å². The van der Waals surface area contributed by atoms with Crippen LogP contribution in [-0.4, -0.2) is 5.78 Å². The lowest BCUT2D eigenvalue weighted by Gasteiger charge is -2.09. The van der Waals surface area contributed by atoms with Crippen LogP contribution in [0, 0.1) is 18.3 Å². The number of benzene rings is 2. The number of ketones is 1. The molecule has 100 valence electrons. The van der Waals surface area contributed by atoms with Gasteiger partial charge in [0.05, 0.1) is 12.0 Å². The Bertz CT molecular complexity index is 655. The maximum atomic E-state index is 12.2. The lowest BCUT2D eigenvalue weighted by atomic mass is 9.92. The zero-order valence-electron chi connectivity index (χ0n) is 11.1. The molecule has 0 heterocycles. The lowest BCUT2D eigenvalue weighted by molar-refractivity contribution is 0.0979. The average molecular weight is 284 g/mol. The summed E-state index contributed by atoms with van der Waals surface area (Å²) in [7, 11) is 0. The van der Waals surface area contributed by atoms with Gasteiger partial charge in [-0.25, -0.2) is 0 Å². The van der Waals surface area contributed by atoms with Crippen molar-refractivity contribution in [3.05, 3.63) is 70.2 Å². The van der Waals surface area contributed by atoms with Crippen molar-refractivity contribution in [1.82, 2.24) is 0 Å². The van der Waals surface area contributed by atoms with Gasteiger partial charge in [0.15, 0.2) is 5.78 Å². The second kappa shape index (κ2) is 6.36. The van der Waals surface area contributed by atoms with E-state index >= 15 is 0 Å². The molecule has 0 saturated carbocycles. The number of Topliss-reactive ketones (excluding diaryl/α,β-unsaturated/α-hetero) is 1. The van der Waals surface area contributed by atoms with Gasteiger partial charge in [-0.05, 0) is 30.7 Å². The van der Waals surface area contributed by atoms with E-state index in [-0.39, 0.29) is 12.2 Å². The van der Waals surface area contributed by atoms with E-state index in [4.69, 9.17) is 11.6 Å². The van der Waals surface area contributed by atoms with Crippen LogP contribution in [0.15, 0.2) is 48.5 Å². The molecule has 0 saturated heterocycles. The highest BCUT2D eigenvalue weighted by Gasteiger charge is 2.16. The van der Waals surface area contributed by atoms with Gasteiger partial charge in [-0.2, -0.15) is 5.26 Å². The fourth-order valence-corrected chi connectivity index (χ4v) is 2.18. The maximum absolute atomic E-state index is 12.2. The van der Waals surface area contributed by atoms with Gasteiger partial charge >= 0.3 is 0 Å².